The molecule has 0 aliphatic carbocycles. The zero-order valence-electron chi connectivity index (χ0n) is 22.5. The predicted octanol–water partition coefficient (Wildman–Crippen LogP) is 5.09. The van der Waals surface area contributed by atoms with E-state index in [1.165, 1.54) is 30.3 Å². The van der Waals surface area contributed by atoms with Crippen molar-refractivity contribution in [2.45, 2.75) is 6.29 Å². The maximum atomic E-state index is 12.6. The second-order valence-corrected chi connectivity index (χ2v) is 8.85. The molecular weight excluding hydrogens is 540 g/mol. The Bertz CT molecular complexity index is 1550. The van der Waals surface area contributed by atoms with E-state index in [0.717, 1.165) is 6.08 Å². The van der Waals surface area contributed by atoms with E-state index in [0.29, 0.717) is 16.9 Å². The van der Waals surface area contributed by atoms with Crippen LogP contribution in [0, 0.1) is 0 Å². The maximum absolute atomic E-state index is 12.6. The third-order valence-electron chi connectivity index (χ3n) is 5.96. The number of phenolic OH excluding ortho intramolecular Hbond substituents is 2. The predicted molar refractivity (Wildman–Crippen MR) is 153 cm³/mol. The molecule has 0 bridgehead atoms. The van der Waals surface area contributed by atoms with E-state index in [1.807, 2.05) is 0 Å². The molecular formula is C33H28O9. The Kier molecular flexibility index (Phi) is 10.1. The van der Waals surface area contributed by atoms with Gasteiger partial charge in [0.05, 0.1) is 17.7 Å². The molecule has 4 rings (SSSR count). The minimum atomic E-state index is -1.15. The summed E-state index contributed by atoms with van der Waals surface area (Å²) in [6.07, 6.45) is -0.171. The van der Waals surface area contributed by atoms with E-state index in [1.54, 1.807) is 66.7 Å². The van der Waals surface area contributed by atoms with Crippen LogP contribution in [-0.4, -0.2) is 53.9 Å². The van der Waals surface area contributed by atoms with Crippen molar-refractivity contribution < 1.29 is 43.5 Å². The first-order valence-corrected chi connectivity index (χ1v) is 12.9. The first-order chi connectivity index (χ1) is 20.4. The molecule has 214 valence electrons. The first-order valence-electron chi connectivity index (χ1n) is 12.9. The van der Waals surface area contributed by atoms with Crippen molar-refractivity contribution >= 4 is 17.5 Å². The van der Waals surface area contributed by atoms with Crippen molar-refractivity contribution in [1.82, 2.24) is 0 Å². The van der Waals surface area contributed by atoms with Gasteiger partial charge in [-0.15, -0.1) is 0 Å². The minimum Gasteiger partial charge on any atom is -0.507 e. The van der Waals surface area contributed by atoms with Crippen molar-refractivity contribution in [1.29, 1.82) is 0 Å². The molecule has 9 heteroatoms. The Balaban J connectivity index is 1.30. The molecule has 0 fully saturated rings. The highest BCUT2D eigenvalue weighted by atomic mass is 16.7. The van der Waals surface area contributed by atoms with Gasteiger partial charge in [0.2, 0.25) is 6.29 Å². The van der Waals surface area contributed by atoms with Crippen molar-refractivity contribution in [3.05, 3.63) is 132 Å². The van der Waals surface area contributed by atoms with Gasteiger partial charge in [0.25, 0.3) is 0 Å². The van der Waals surface area contributed by atoms with E-state index in [2.05, 4.69) is 6.58 Å². The fraction of sp³-hybridized carbons (Fsp3) is 0.121. The zero-order valence-corrected chi connectivity index (χ0v) is 22.5. The quantitative estimate of drug-likeness (QED) is 0.0703. The molecule has 0 saturated carbocycles. The number of ketones is 2. The molecule has 1 unspecified atom stereocenters. The Morgan fingerprint density at radius 3 is 1.67 bits per heavy atom. The second-order valence-electron chi connectivity index (χ2n) is 8.85. The Morgan fingerprint density at radius 2 is 1.19 bits per heavy atom. The van der Waals surface area contributed by atoms with Gasteiger partial charge < -0.3 is 29.2 Å². The molecule has 4 aromatic carbocycles. The van der Waals surface area contributed by atoms with Crippen LogP contribution in [0.25, 0.3) is 0 Å². The van der Waals surface area contributed by atoms with E-state index in [4.69, 9.17) is 18.9 Å². The van der Waals surface area contributed by atoms with Crippen LogP contribution in [0.4, 0.5) is 0 Å². The van der Waals surface area contributed by atoms with E-state index < -0.39 is 12.3 Å². The summed E-state index contributed by atoms with van der Waals surface area (Å²) >= 11 is 0. The highest BCUT2D eigenvalue weighted by molar-refractivity contribution is 6.11. The van der Waals surface area contributed by atoms with E-state index in [9.17, 15) is 24.6 Å². The van der Waals surface area contributed by atoms with Crippen LogP contribution in [0.1, 0.15) is 31.8 Å². The van der Waals surface area contributed by atoms with Crippen LogP contribution < -0.4 is 9.47 Å². The summed E-state index contributed by atoms with van der Waals surface area (Å²) in [6.45, 7) is 3.13. The van der Waals surface area contributed by atoms with Gasteiger partial charge in [0, 0.05) is 29.3 Å². The zero-order chi connectivity index (χ0) is 29.9. The lowest BCUT2D eigenvalue weighted by Gasteiger charge is -2.19. The normalized spacial score (nSPS) is 11.2. The average molecular weight is 569 g/mol. The van der Waals surface area contributed by atoms with Gasteiger partial charge in [-0.05, 0) is 24.3 Å². The molecule has 0 heterocycles. The molecule has 4 aromatic rings. The smallest absolute Gasteiger partial charge is 0.332 e. The molecule has 0 saturated heterocycles. The van der Waals surface area contributed by atoms with Gasteiger partial charge in [-0.2, -0.15) is 0 Å². The average Bonchev–Trinajstić information content (AvgIpc) is 3.02. The fourth-order valence-corrected chi connectivity index (χ4v) is 3.87. The molecule has 0 amide bonds. The Hall–Kier alpha value is -5.41. The molecule has 9 nitrogen and oxygen atoms in total. The summed E-state index contributed by atoms with van der Waals surface area (Å²) in [5.41, 5.74) is 1.13. The first kappa shape index (κ1) is 29.6. The molecule has 0 spiro atoms. The summed E-state index contributed by atoms with van der Waals surface area (Å²) < 4.78 is 22.0. The lowest BCUT2D eigenvalue weighted by molar-refractivity contribution is -0.180. The maximum Gasteiger partial charge on any atom is 0.332 e. The van der Waals surface area contributed by atoms with Crippen LogP contribution in [0.2, 0.25) is 0 Å². The monoisotopic (exact) mass is 568 g/mol. The van der Waals surface area contributed by atoms with Crippen LogP contribution in [-0.2, 0) is 14.3 Å². The van der Waals surface area contributed by atoms with Gasteiger partial charge in [-0.3, -0.25) is 9.59 Å². The summed E-state index contributed by atoms with van der Waals surface area (Å²) in [6, 6.07) is 25.7. The molecule has 2 N–H and O–H groups in total. The van der Waals surface area contributed by atoms with E-state index in [-0.39, 0.29) is 59.8 Å². The Morgan fingerprint density at radius 1 is 0.690 bits per heavy atom. The Labute approximate surface area is 242 Å². The number of benzene rings is 4. The van der Waals surface area contributed by atoms with Crippen molar-refractivity contribution in [3.8, 4) is 23.0 Å². The number of ether oxygens (including phenoxy) is 4. The molecule has 1 atom stereocenters. The standard InChI is InChI=1S/C33H28O9/c1-2-30(36)42-31(21-41-25-14-16-27(29(35)20-25)33(38)23-11-7-4-8-12-23)40-18-17-39-24-13-15-26(28(34)19-24)32(37)22-9-5-3-6-10-22/h2-16,19-20,31,34-35H,1,17-18,21H2. The van der Waals surface area contributed by atoms with Crippen molar-refractivity contribution in [2.75, 3.05) is 19.8 Å². The summed E-state index contributed by atoms with van der Waals surface area (Å²) in [5.74, 6) is -1.37. The third kappa shape index (κ3) is 7.83. The van der Waals surface area contributed by atoms with Crippen molar-refractivity contribution in [2.24, 2.45) is 0 Å². The minimum absolute atomic E-state index is 0.0185. The largest absolute Gasteiger partial charge is 0.507 e. The summed E-state index contributed by atoms with van der Waals surface area (Å²) in [5, 5.41) is 20.7. The van der Waals surface area contributed by atoms with Gasteiger partial charge in [0.1, 0.15) is 29.6 Å². The number of aromatic hydroxyl groups is 2. The topological polar surface area (TPSA) is 129 Å². The number of hydrogen-bond acceptors (Lipinski definition) is 9. The molecule has 0 aliphatic rings. The number of rotatable bonds is 14. The number of hydrogen-bond donors (Lipinski definition) is 2. The van der Waals surface area contributed by atoms with Crippen LogP contribution in [0.15, 0.2) is 110 Å². The third-order valence-corrected chi connectivity index (χ3v) is 5.96. The van der Waals surface area contributed by atoms with Crippen molar-refractivity contribution in [3.63, 3.8) is 0 Å². The number of esters is 1. The molecule has 0 radical (unpaired) electrons. The highest BCUT2D eigenvalue weighted by Crippen LogP contribution is 2.27. The van der Waals surface area contributed by atoms with Crippen LogP contribution in [0.3, 0.4) is 0 Å². The molecule has 42 heavy (non-hydrogen) atoms. The second kappa shape index (κ2) is 14.3. The number of phenols is 2. The van der Waals surface area contributed by atoms with Crippen LogP contribution >= 0.6 is 0 Å². The van der Waals surface area contributed by atoms with Gasteiger partial charge in [-0.25, -0.2) is 4.79 Å². The molecule has 0 aromatic heterocycles. The summed E-state index contributed by atoms with van der Waals surface area (Å²) in [4.78, 5) is 37.0. The van der Waals surface area contributed by atoms with Crippen LogP contribution in [0.5, 0.6) is 23.0 Å². The highest BCUT2D eigenvalue weighted by Gasteiger charge is 2.18. The van der Waals surface area contributed by atoms with Gasteiger partial charge >= 0.3 is 5.97 Å². The van der Waals surface area contributed by atoms with E-state index >= 15 is 0 Å². The lowest BCUT2D eigenvalue weighted by atomic mass is 10.0. The number of carbonyl (C=O) groups is 3. The fourth-order valence-electron chi connectivity index (χ4n) is 3.87. The van der Waals surface area contributed by atoms with Gasteiger partial charge in [0.15, 0.2) is 18.2 Å². The summed E-state index contributed by atoms with van der Waals surface area (Å²) in [7, 11) is 0. The molecule has 0 aliphatic heterocycles. The lowest BCUT2D eigenvalue weighted by Crippen LogP contribution is -2.29. The van der Waals surface area contributed by atoms with Gasteiger partial charge in [-0.1, -0.05) is 67.2 Å². The number of carbonyl (C=O) groups excluding carboxylic acids is 3. The SMILES string of the molecule is C=CC(=O)OC(COc1ccc(C(=O)c2ccccc2)c(O)c1)OCCOc1ccc(C(=O)c2ccccc2)c(O)c1.